The van der Waals surface area contributed by atoms with Crippen molar-refractivity contribution in [2.45, 2.75) is 31.5 Å². The molecule has 3 aromatic rings. The van der Waals surface area contributed by atoms with E-state index in [0.29, 0.717) is 36.5 Å². The number of ether oxygens (including phenoxy) is 2. The highest BCUT2D eigenvalue weighted by molar-refractivity contribution is 5.83. The molecule has 0 saturated carbocycles. The summed E-state index contributed by atoms with van der Waals surface area (Å²) in [7, 11) is 0. The van der Waals surface area contributed by atoms with Gasteiger partial charge in [0, 0.05) is 18.9 Å². The molecule has 1 saturated heterocycles. The molecule has 4 rings (SSSR count). The number of hydrogen-bond donors (Lipinski definition) is 1. The predicted octanol–water partition coefficient (Wildman–Crippen LogP) is 5.16. The smallest absolute Gasteiger partial charge is 0.130 e. The Bertz CT molecular complexity index is 940. The Labute approximate surface area is 152 Å². The Balaban J connectivity index is 1.65. The van der Waals surface area contributed by atoms with E-state index in [4.69, 9.17) is 9.47 Å². The largest absolute Gasteiger partial charge is 0.457 e. The molecule has 0 aromatic heterocycles. The summed E-state index contributed by atoms with van der Waals surface area (Å²) in [6.07, 6.45) is 0.809. The predicted molar refractivity (Wildman–Crippen MR) is 99.0 cm³/mol. The monoisotopic (exact) mass is 352 g/mol. The van der Waals surface area contributed by atoms with Crippen LogP contribution in [0.5, 0.6) is 11.5 Å². The first-order chi connectivity index (χ1) is 12.5. The number of benzene rings is 3. The second-order valence-corrected chi connectivity index (χ2v) is 6.95. The van der Waals surface area contributed by atoms with Crippen LogP contribution >= 0.6 is 0 Å². The average molecular weight is 352 g/mol. The van der Waals surface area contributed by atoms with E-state index >= 15 is 0 Å². The van der Waals surface area contributed by atoms with Crippen molar-refractivity contribution in [2.75, 3.05) is 6.61 Å². The summed E-state index contributed by atoms with van der Waals surface area (Å²) in [6, 6.07) is 18.2. The van der Waals surface area contributed by atoms with Gasteiger partial charge in [0.15, 0.2) is 0 Å². The fourth-order valence-corrected chi connectivity index (χ4v) is 3.58. The van der Waals surface area contributed by atoms with E-state index in [1.165, 1.54) is 12.1 Å². The zero-order valence-corrected chi connectivity index (χ0v) is 14.6. The van der Waals surface area contributed by atoms with Crippen molar-refractivity contribution in [1.29, 1.82) is 0 Å². The second-order valence-electron chi connectivity index (χ2n) is 6.95. The Morgan fingerprint density at radius 1 is 1.04 bits per heavy atom. The molecule has 1 aliphatic heterocycles. The van der Waals surface area contributed by atoms with Crippen LogP contribution in [-0.2, 0) is 10.3 Å². The molecule has 0 radical (unpaired) electrons. The lowest BCUT2D eigenvalue weighted by atomic mass is 9.84. The molecular weight excluding hydrogens is 331 g/mol. The summed E-state index contributed by atoms with van der Waals surface area (Å²) >= 11 is 0. The molecule has 4 heteroatoms. The first-order valence-corrected chi connectivity index (χ1v) is 8.84. The molecule has 3 aromatic carbocycles. The second kappa shape index (κ2) is 6.71. The highest BCUT2D eigenvalue weighted by Crippen LogP contribution is 2.37. The number of aliphatic hydroxyl groups is 1. The normalized spacial score (nSPS) is 23.1. The highest BCUT2D eigenvalue weighted by atomic mass is 19.1. The molecule has 0 bridgehead atoms. The molecular formula is C22H21FO3. The van der Waals surface area contributed by atoms with E-state index in [2.05, 4.69) is 0 Å². The lowest BCUT2D eigenvalue weighted by molar-refractivity contribution is -0.101. The van der Waals surface area contributed by atoms with Crippen molar-refractivity contribution >= 4 is 10.8 Å². The third kappa shape index (κ3) is 3.43. The maximum Gasteiger partial charge on any atom is 0.130 e. The number of fused-ring (bicyclic) bond motifs is 1. The van der Waals surface area contributed by atoms with Crippen molar-refractivity contribution in [3.63, 3.8) is 0 Å². The Morgan fingerprint density at radius 2 is 1.85 bits per heavy atom. The number of halogens is 1. The molecule has 0 aliphatic carbocycles. The standard InChI is InChI=1S/C22H21FO3/c1-15-14-22(24,8-9-25-15)18-11-19(23)13-21(12-18)26-20-7-6-16-4-2-3-5-17(16)10-20/h2-7,10-13,15,24H,8-9,14H2,1H3. The van der Waals surface area contributed by atoms with Crippen molar-refractivity contribution in [2.24, 2.45) is 0 Å². The minimum absolute atomic E-state index is 0.0677. The van der Waals surface area contributed by atoms with E-state index in [9.17, 15) is 9.50 Å². The molecule has 0 amide bonds. The molecule has 1 heterocycles. The van der Waals surface area contributed by atoms with Gasteiger partial charge in [-0.05, 0) is 47.5 Å². The Morgan fingerprint density at radius 3 is 2.65 bits per heavy atom. The molecule has 2 unspecified atom stereocenters. The van der Waals surface area contributed by atoms with Crippen molar-refractivity contribution in [3.05, 3.63) is 72.0 Å². The minimum atomic E-state index is -1.10. The van der Waals surface area contributed by atoms with E-state index in [1.54, 1.807) is 6.07 Å². The minimum Gasteiger partial charge on any atom is -0.457 e. The fourth-order valence-electron chi connectivity index (χ4n) is 3.58. The molecule has 0 spiro atoms. The third-order valence-corrected chi connectivity index (χ3v) is 4.91. The van der Waals surface area contributed by atoms with Gasteiger partial charge in [0.2, 0.25) is 0 Å². The lowest BCUT2D eigenvalue weighted by Crippen LogP contribution is -2.37. The SMILES string of the molecule is CC1CC(O)(c2cc(F)cc(Oc3ccc4ccccc4c3)c2)CCO1. The van der Waals surface area contributed by atoms with Gasteiger partial charge in [0.05, 0.1) is 18.3 Å². The van der Waals surface area contributed by atoms with Crippen LogP contribution in [0.2, 0.25) is 0 Å². The molecule has 2 atom stereocenters. The number of hydrogen-bond acceptors (Lipinski definition) is 3. The van der Waals surface area contributed by atoms with Crippen molar-refractivity contribution in [1.82, 2.24) is 0 Å². The summed E-state index contributed by atoms with van der Waals surface area (Å²) in [5.41, 5.74) is -0.565. The summed E-state index contributed by atoms with van der Waals surface area (Å²) in [6.45, 7) is 2.37. The van der Waals surface area contributed by atoms with Crippen LogP contribution in [0.4, 0.5) is 4.39 Å². The van der Waals surface area contributed by atoms with Gasteiger partial charge in [0.1, 0.15) is 17.3 Å². The van der Waals surface area contributed by atoms with Crippen LogP contribution in [0.1, 0.15) is 25.3 Å². The average Bonchev–Trinajstić information content (AvgIpc) is 2.61. The maximum absolute atomic E-state index is 14.2. The lowest BCUT2D eigenvalue weighted by Gasteiger charge is -2.36. The molecule has 1 N–H and O–H groups in total. The van der Waals surface area contributed by atoms with Crippen LogP contribution < -0.4 is 4.74 Å². The molecule has 1 aliphatic rings. The molecule has 1 fully saturated rings. The topological polar surface area (TPSA) is 38.7 Å². The summed E-state index contributed by atoms with van der Waals surface area (Å²) < 4.78 is 25.6. The van der Waals surface area contributed by atoms with E-state index < -0.39 is 11.4 Å². The molecule has 26 heavy (non-hydrogen) atoms. The fraction of sp³-hybridized carbons (Fsp3) is 0.273. The Hall–Kier alpha value is -2.43. The van der Waals surface area contributed by atoms with Crippen LogP contribution in [0, 0.1) is 5.82 Å². The van der Waals surface area contributed by atoms with Gasteiger partial charge in [-0.2, -0.15) is 0 Å². The third-order valence-electron chi connectivity index (χ3n) is 4.91. The van der Waals surface area contributed by atoms with Crippen molar-refractivity contribution in [3.8, 4) is 11.5 Å². The molecule has 134 valence electrons. The van der Waals surface area contributed by atoms with Crippen LogP contribution in [0.15, 0.2) is 60.7 Å². The van der Waals surface area contributed by atoms with Gasteiger partial charge in [-0.25, -0.2) is 4.39 Å². The maximum atomic E-state index is 14.2. The van der Waals surface area contributed by atoms with Gasteiger partial charge < -0.3 is 14.6 Å². The quantitative estimate of drug-likeness (QED) is 0.708. The van der Waals surface area contributed by atoms with E-state index in [-0.39, 0.29) is 6.10 Å². The zero-order chi connectivity index (χ0) is 18.1. The van der Waals surface area contributed by atoms with Gasteiger partial charge in [-0.1, -0.05) is 30.3 Å². The highest BCUT2D eigenvalue weighted by Gasteiger charge is 2.35. The zero-order valence-electron chi connectivity index (χ0n) is 14.6. The summed E-state index contributed by atoms with van der Waals surface area (Å²) in [5.74, 6) is 0.585. The number of rotatable bonds is 3. The molecule has 3 nitrogen and oxygen atoms in total. The van der Waals surface area contributed by atoms with Crippen molar-refractivity contribution < 1.29 is 19.0 Å². The van der Waals surface area contributed by atoms with Crippen LogP contribution in [0.3, 0.4) is 0 Å². The van der Waals surface area contributed by atoms with Gasteiger partial charge >= 0.3 is 0 Å². The first kappa shape index (κ1) is 17.0. The van der Waals surface area contributed by atoms with Crippen LogP contribution in [-0.4, -0.2) is 17.8 Å². The first-order valence-electron chi connectivity index (χ1n) is 8.84. The summed E-state index contributed by atoms with van der Waals surface area (Å²) in [5, 5.41) is 13.1. The Kier molecular flexibility index (Phi) is 4.39. The van der Waals surface area contributed by atoms with Gasteiger partial charge in [-0.3, -0.25) is 0 Å². The van der Waals surface area contributed by atoms with Gasteiger partial charge in [-0.15, -0.1) is 0 Å². The van der Waals surface area contributed by atoms with E-state index in [0.717, 1.165) is 10.8 Å². The van der Waals surface area contributed by atoms with Crippen LogP contribution in [0.25, 0.3) is 10.8 Å². The summed E-state index contributed by atoms with van der Waals surface area (Å²) in [4.78, 5) is 0. The van der Waals surface area contributed by atoms with Gasteiger partial charge in [0.25, 0.3) is 0 Å². The van der Waals surface area contributed by atoms with E-state index in [1.807, 2.05) is 49.4 Å².